The number of unbranched alkanes of at least 4 members (excludes halogenated alkanes) is 52. The molecule has 0 amide bonds. The van der Waals surface area contributed by atoms with Gasteiger partial charge in [0.2, 0.25) is 0 Å². The maximum absolute atomic E-state index is 13.0. The van der Waals surface area contributed by atoms with Crippen LogP contribution in [0.2, 0.25) is 0 Å². The minimum absolute atomic E-state index is 0.177. The van der Waals surface area contributed by atoms with E-state index >= 15 is 0 Å². The summed E-state index contributed by atoms with van der Waals surface area (Å²) >= 11 is 0. The second-order valence-electron chi connectivity index (χ2n) is 30.5. The van der Waals surface area contributed by atoms with E-state index in [9.17, 15) is 19.5 Å². The Morgan fingerprint density at radius 2 is 0.570 bits per heavy atom. The molecule has 0 aromatic rings. The van der Waals surface area contributed by atoms with Gasteiger partial charge >= 0.3 is 17.9 Å². The number of hydrogen-bond acceptors (Lipinski definition) is 7. The van der Waals surface area contributed by atoms with Crippen molar-refractivity contribution < 1.29 is 42.9 Å². The lowest BCUT2D eigenvalue weighted by Gasteiger charge is -2.25. The lowest BCUT2D eigenvalue weighted by molar-refractivity contribution is -0.870. The van der Waals surface area contributed by atoms with E-state index in [-0.39, 0.29) is 38.2 Å². The van der Waals surface area contributed by atoms with Crippen LogP contribution in [0.4, 0.5) is 0 Å². The molecule has 0 aromatic carbocycles. The third kappa shape index (κ3) is 81.8. The average molecular weight is 1400 g/mol. The molecule has 0 aliphatic heterocycles. The van der Waals surface area contributed by atoms with E-state index in [0.29, 0.717) is 17.4 Å². The molecule has 582 valence electrons. The van der Waals surface area contributed by atoms with Gasteiger partial charge in [-0.3, -0.25) is 9.59 Å². The number of likely N-dealkylation sites (N-methyl/N-ethyl adjacent to an activating group) is 1. The summed E-state index contributed by atoms with van der Waals surface area (Å²) in [6, 6.07) is 0. The molecule has 2 unspecified atom stereocenters. The second-order valence-corrected chi connectivity index (χ2v) is 30.5. The number of rotatable bonds is 81. The number of quaternary nitrogens is 1. The minimum Gasteiger partial charge on any atom is -0.477 e. The fourth-order valence-electron chi connectivity index (χ4n) is 12.9. The van der Waals surface area contributed by atoms with Crippen LogP contribution in [0.15, 0.2) is 85.1 Å². The molecule has 0 rings (SSSR count). The summed E-state index contributed by atoms with van der Waals surface area (Å²) in [5, 5.41) is 9.79. The number of esters is 2. The number of carboxylic acid groups (broad SMARTS) is 1. The molecule has 100 heavy (non-hydrogen) atoms. The fraction of sp³-hybridized carbons (Fsp3) is 0.813. The molecule has 0 saturated heterocycles. The van der Waals surface area contributed by atoms with Gasteiger partial charge in [0, 0.05) is 12.8 Å². The molecule has 2 atom stereocenters. The first kappa shape index (κ1) is 96.5. The number of carbonyl (C=O) groups is 3. The van der Waals surface area contributed by atoms with Gasteiger partial charge in [-0.2, -0.15) is 0 Å². The summed E-state index contributed by atoms with van der Waals surface area (Å²) in [6.07, 6.45) is 109. The normalized spacial score (nSPS) is 13.0. The van der Waals surface area contributed by atoms with Gasteiger partial charge in [0.15, 0.2) is 6.10 Å². The topological polar surface area (TPSA) is 108 Å². The van der Waals surface area contributed by atoms with Gasteiger partial charge in [-0.15, -0.1) is 0 Å². The first-order chi connectivity index (χ1) is 49.1. The number of allylic oxidation sites excluding steroid dienone is 14. The van der Waals surface area contributed by atoms with E-state index in [1.807, 2.05) is 21.1 Å². The van der Waals surface area contributed by atoms with Gasteiger partial charge in [-0.05, 0) is 70.6 Å². The highest BCUT2D eigenvalue weighted by molar-refractivity contribution is 5.71. The molecule has 0 aliphatic carbocycles. The number of carbonyl (C=O) groups excluding carboxylic acids is 2. The number of hydrogen-bond donors (Lipinski definition) is 1. The van der Waals surface area contributed by atoms with Gasteiger partial charge in [0.05, 0.1) is 34.4 Å². The Morgan fingerprint density at radius 3 is 0.850 bits per heavy atom. The fourth-order valence-corrected chi connectivity index (χ4v) is 12.9. The smallest absolute Gasteiger partial charge is 0.361 e. The molecule has 0 aliphatic rings. The van der Waals surface area contributed by atoms with Crippen LogP contribution in [0.25, 0.3) is 0 Å². The molecule has 0 aromatic heterocycles. The highest BCUT2D eigenvalue weighted by atomic mass is 16.7. The zero-order valence-electron chi connectivity index (χ0n) is 66.9. The predicted molar refractivity (Wildman–Crippen MR) is 433 cm³/mol. The quantitative estimate of drug-likeness (QED) is 0.0211. The lowest BCUT2D eigenvalue weighted by atomic mass is 10.0. The SMILES string of the molecule is CC/C=C\C/C=C\C/C=C\C/C=C\C/C=C\C/C=C\C/C=C\CCCCCCCCCCCCCCCCCCCCCC(=O)OC(COC(=O)CCCCCCCCCCCCCCCCCCCCCCCCCCCCCCCCCCCC)COC(OCC[N+](C)(C)C)C(=O)O. The summed E-state index contributed by atoms with van der Waals surface area (Å²) in [5.74, 6) is -1.97. The van der Waals surface area contributed by atoms with Gasteiger partial charge in [-0.1, -0.05) is 420 Å². The van der Waals surface area contributed by atoms with E-state index in [1.54, 1.807) is 0 Å². The lowest BCUT2D eigenvalue weighted by Crippen LogP contribution is -2.40. The average Bonchev–Trinajstić information content (AvgIpc) is 1.08. The van der Waals surface area contributed by atoms with Gasteiger partial charge in [0.25, 0.3) is 6.29 Å². The molecule has 9 heteroatoms. The van der Waals surface area contributed by atoms with Crippen molar-refractivity contribution in [3.8, 4) is 0 Å². The van der Waals surface area contributed by atoms with Gasteiger partial charge in [-0.25, -0.2) is 4.79 Å². The van der Waals surface area contributed by atoms with Crippen LogP contribution in [0, 0.1) is 0 Å². The predicted octanol–water partition coefficient (Wildman–Crippen LogP) is 28.1. The second kappa shape index (κ2) is 81.1. The zero-order chi connectivity index (χ0) is 72.5. The van der Waals surface area contributed by atoms with Crippen molar-refractivity contribution in [3.05, 3.63) is 85.1 Å². The molecule has 0 saturated carbocycles. The van der Waals surface area contributed by atoms with Crippen molar-refractivity contribution in [3.63, 3.8) is 0 Å². The maximum atomic E-state index is 13.0. The Hall–Kier alpha value is -3.53. The van der Waals surface area contributed by atoms with Crippen molar-refractivity contribution in [1.29, 1.82) is 0 Å². The monoisotopic (exact) mass is 1400 g/mol. The minimum atomic E-state index is -1.51. The first-order valence-electron chi connectivity index (χ1n) is 43.3. The first-order valence-corrected chi connectivity index (χ1v) is 43.3. The zero-order valence-corrected chi connectivity index (χ0v) is 66.9. The third-order valence-corrected chi connectivity index (χ3v) is 19.4. The highest BCUT2D eigenvalue weighted by Gasteiger charge is 2.25. The largest absolute Gasteiger partial charge is 0.477 e. The summed E-state index contributed by atoms with van der Waals surface area (Å²) < 4.78 is 23.1. The number of carboxylic acids is 1. The standard InChI is InChI=1S/C91H165NO8/c1-6-8-10-12-14-16-18-20-22-24-26-28-30-32-34-36-38-40-42-43-44-45-46-47-48-50-52-54-56-58-60-62-64-66-68-70-72-74-76-78-80-82-89(94)100-87(86-99-91(90(95)96)97-84-83-92(3,4)5)85-98-88(93)81-79-77-75-73-71-69-67-65-63-61-59-57-55-53-51-49-41-39-37-35-33-31-29-27-25-23-21-19-17-15-13-11-9-7-2/h8,10,14,16,20,22,26,28,32,34,38,40,43-44,87,91H,6-7,9,11-13,15,17-19,21,23-25,27,29-31,33,35-37,39,41-42,45-86H2,1-5H3/p+1/b10-8-,16-14-,22-20-,28-26-,34-32-,40-38-,44-43-. The Bertz CT molecular complexity index is 1930. The van der Waals surface area contributed by atoms with E-state index < -0.39 is 18.4 Å². The van der Waals surface area contributed by atoms with Crippen molar-refractivity contribution in [2.24, 2.45) is 0 Å². The van der Waals surface area contributed by atoms with Crippen LogP contribution >= 0.6 is 0 Å². The Kier molecular flexibility index (Phi) is 78.3. The molecule has 0 fully saturated rings. The van der Waals surface area contributed by atoms with Gasteiger partial charge < -0.3 is 28.5 Å². The molecule has 0 heterocycles. The molecule has 0 bridgehead atoms. The molecule has 9 nitrogen and oxygen atoms in total. The van der Waals surface area contributed by atoms with Gasteiger partial charge in [0.1, 0.15) is 13.2 Å². The summed E-state index contributed by atoms with van der Waals surface area (Å²) in [4.78, 5) is 37.8. The Morgan fingerprint density at radius 1 is 0.310 bits per heavy atom. The van der Waals surface area contributed by atoms with Crippen LogP contribution in [0.3, 0.4) is 0 Å². The summed E-state index contributed by atoms with van der Waals surface area (Å²) in [5.41, 5.74) is 0. The number of ether oxygens (including phenoxy) is 4. The van der Waals surface area contributed by atoms with Crippen molar-refractivity contribution >= 4 is 17.9 Å². The Labute approximate surface area is 620 Å². The number of nitrogens with zero attached hydrogens (tertiary/aromatic N) is 1. The van der Waals surface area contributed by atoms with Crippen molar-refractivity contribution in [1.82, 2.24) is 0 Å². The highest BCUT2D eigenvalue weighted by Crippen LogP contribution is 2.20. The van der Waals surface area contributed by atoms with Crippen LogP contribution < -0.4 is 0 Å². The van der Waals surface area contributed by atoms with Crippen LogP contribution in [0.5, 0.6) is 0 Å². The molecule has 1 N–H and O–H groups in total. The third-order valence-electron chi connectivity index (χ3n) is 19.4. The van der Waals surface area contributed by atoms with Crippen molar-refractivity contribution in [2.75, 3.05) is 47.5 Å². The number of aliphatic carboxylic acids is 1. The van der Waals surface area contributed by atoms with E-state index in [4.69, 9.17) is 18.9 Å². The van der Waals surface area contributed by atoms with E-state index in [2.05, 4.69) is 98.9 Å². The van der Waals surface area contributed by atoms with Crippen LogP contribution in [0.1, 0.15) is 418 Å². The summed E-state index contributed by atoms with van der Waals surface area (Å²) in [6.45, 7) is 4.84. The van der Waals surface area contributed by atoms with Crippen LogP contribution in [-0.4, -0.2) is 87.4 Å². The molecular formula is C91H166NO8+. The molecule has 0 spiro atoms. The van der Waals surface area contributed by atoms with E-state index in [0.717, 1.165) is 83.5 Å². The molecule has 0 radical (unpaired) electrons. The Balaban J connectivity index is 3.95. The molecular weight excluding hydrogens is 1230 g/mol. The van der Waals surface area contributed by atoms with E-state index in [1.165, 1.54) is 308 Å². The van der Waals surface area contributed by atoms with Crippen molar-refractivity contribution in [2.45, 2.75) is 431 Å². The maximum Gasteiger partial charge on any atom is 0.361 e. The van der Waals surface area contributed by atoms with Crippen LogP contribution in [-0.2, 0) is 33.3 Å². The summed E-state index contributed by atoms with van der Waals surface area (Å²) in [7, 11) is 6.00.